The second-order valence-electron chi connectivity index (χ2n) is 6.49. The van der Waals surface area contributed by atoms with Crippen LogP contribution in [0.1, 0.15) is 15.9 Å². The highest BCUT2D eigenvalue weighted by atomic mass is 32.1. The number of anilines is 4. The standard InChI is InChI=1S/C20H16N6OS/c21-20-22-4-3-18(25-20)24-14-6-13-9-23-26-19(13)15(8-14)17-7-12-5-11(10-27)1-2-16(12)28-17/h1-8,10,23,26H,9H2,(H3,21,22,24,25). The average Bonchev–Trinajstić information content (AvgIpc) is 3.33. The summed E-state index contributed by atoms with van der Waals surface area (Å²) < 4.78 is 1.14. The van der Waals surface area contributed by atoms with E-state index < -0.39 is 0 Å². The molecule has 0 radical (unpaired) electrons. The van der Waals surface area contributed by atoms with Crippen molar-refractivity contribution in [2.75, 3.05) is 16.5 Å². The van der Waals surface area contributed by atoms with E-state index >= 15 is 0 Å². The predicted molar refractivity (Wildman–Crippen MR) is 113 cm³/mol. The number of fused-ring (bicyclic) bond motifs is 2. The highest BCUT2D eigenvalue weighted by Gasteiger charge is 2.19. The molecule has 0 saturated heterocycles. The lowest BCUT2D eigenvalue weighted by Gasteiger charge is -2.12. The Hall–Kier alpha value is -3.49. The highest BCUT2D eigenvalue weighted by molar-refractivity contribution is 7.22. The van der Waals surface area contributed by atoms with Crippen LogP contribution in [0.5, 0.6) is 0 Å². The first-order chi connectivity index (χ1) is 13.7. The molecule has 5 rings (SSSR count). The molecule has 0 aliphatic carbocycles. The van der Waals surface area contributed by atoms with Crippen molar-refractivity contribution in [3.63, 3.8) is 0 Å². The molecule has 7 nitrogen and oxygen atoms in total. The van der Waals surface area contributed by atoms with Crippen molar-refractivity contribution in [1.29, 1.82) is 0 Å². The Kier molecular flexibility index (Phi) is 3.92. The maximum Gasteiger partial charge on any atom is 0.221 e. The fourth-order valence-electron chi connectivity index (χ4n) is 3.34. The Morgan fingerprint density at radius 1 is 1.18 bits per heavy atom. The summed E-state index contributed by atoms with van der Waals surface area (Å²) in [5.74, 6) is 0.870. The van der Waals surface area contributed by atoms with Crippen molar-refractivity contribution in [3.05, 3.63) is 59.8 Å². The Bertz CT molecular complexity index is 1220. The number of hydrogen-bond donors (Lipinski definition) is 4. The van der Waals surface area contributed by atoms with Crippen molar-refractivity contribution in [2.45, 2.75) is 6.54 Å². The lowest BCUT2D eigenvalue weighted by atomic mass is 10.0. The van der Waals surface area contributed by atoms with Crippen LogP contribution < -0.4 is 21.9 Å². The van der Waals surface area contributed by atoms with E-state index in [0.29, 0.717) is 11.4 Å². The maximum absolute atomic E-state index is 11.1. The molecule has 0 unspecified atom stereocenters. The molecule has 138 valence electrons. The summed E-state index contributed by atoms with van der Waals surface area (Å²) in [5.41, 5.74) is 17.0. The number of hydrogen-bond acceptors (Lipinski definition) is 8. The normalized spacial score (nSPS) is 12.6. The van der Waals surface area contributed by atoms with Gasteiger partial charge in [-0.25, -0.2) is 10.4 Å². The Labute approximate surface area is 164 Å². The fraction of sp³-hybridized carbons (Fsp3) is 0.0500. The van der Waals surface area contributed by atoms with E-state index in [1.807, 2.05) is 18.2 Å². The van der Waals surface area contributed by atoms with Gasteiger partial charge in [-0.15, -0.1) is 11.3 Å². The van der Waals surface area contributed by atoms with Crippen LogP contribution in [-0.4, -0.2) is 16.3 Å². The third-order valence-corrected chi connectivity index (χ3v) is 5.75. The van der Waals surface area contributed by atoms with Crippen LogP contribution in [0.4, 0.5) is 23.1 Å². The van der Waals surface area contributed by atoms with Gasteiger partial charge in [-0.3, -0.25) is 4.79 Å². The number of aldehydes is 1. The van der Waals surface area contributed by atoms with E-state index in [1.165, 1.54) is 0 Å². The van der Waals surface area contributed by atoms with Gasteiger partial charge in [-0.1, -0.05) is 6.07 Å². The number of nitrogens with zero attached hydrogens (tertiary/aromatic N) is 2. The summed E-state index contributed by atoms with van der Waals surface area (Å²) in [5, 5.41) is 4.37. The SMILES string of the molecule is Nc1nccc(Nc2cc3c(c(-c4cc5cc(C=O)ccc5s4)c2)NNC3)n1. The van der Waals surface area contributed by atoms with Crippen molar-refractivity contribution in [2.24, 2.45) is 0 Å². The number of nitrogen functional groups attached to an aromatic ring is 1. The highest BCUT2D eigenvalue weighted by Crippen LogP contribution is 2.42. The number of aromatic nitrogens is 2. The van der Waals surface area contributed by atoms with Gasteiger partial charge in [-0.2, -0.15) is 4.98 Å². The van der Waals surface area contributed by atoms with Crippen molar-refractivity contribution >= 4 is 50.9 Å². The molecule has 3 heterocycles. The number of nitrogens with one attached hydrogen (secondary N) is 3. The molecule has 28 heavy (non-hydrogen) atoms. The molecule has 2 aromatic carbocycles. The molecule has 1 aliphatic heterocycles. The van der Waals surface area contributed by atoms with E-state index in [2.05, 4.69) is 44.3 Å². The Balaban J connectivity index is 1.60. The van der Waals surface area contributed by atoms with Gasteiger partial charge >= 0.3 is 0 Å². The zero-order valence-corrected chi connectivity index (χ0v) is 15.5. The van der Waals surface area contributed by atoms with Crippen LogP contribution in [-0.2, 0) is 6.54 Å². The molecule has 8 heteroatoms. The van der Waals surface area contributed by atoms with Gasteiger partial charge < -0.3 is 16.5 Å². The molecule has 0 bridgehead atoms. The molecule has 5 N–H and O–H groups in total. The lowest BCUT2D eigenvalue weighted by molar-refractivity contribution is 0.112. The third kappa shape index (κ3) is 2.94. The molecular weight excluding hydrogens is 372 g/mol. The largest absolute Gasteiger partial charge is 0.368 e. The average molecular weight is 388 g/mol. The predicted octanol–water partition coefficient (Wildman–Crippen LogP) is 3.93. The molecule has 2 aromatic heterocycles. The number of hydrazine groups is 1. The second-order valence-corrected chi connectivity index (χ2v) is 7.57. The number of nitrogens with two attached hydrogens (primary N) is 1. The van der Waals surface area contributed by atoms with Gasteiger partial charge in [0, 0.05) is 39.1 Å². The zero-order chi connectivity index (χ0) is 19.1. The van der Waals surface area contributed by atoms with E-state index in [0.717, 1.165) is 50.3 Å². The third-order valence-electron chi connectivity index (χ3n) is 4.60. The summed E-state index contributed by atoms with van der Waals surface area (Å²) >= 11 is 1.70. The van der Waals surface area contributed by atoms with Crippen LogP contribution in [0.3, 0.4) is 0 Å². The van der Waals surface area contributed by atoms with Gasteiger partial charge in [0.05, 0.1) is 5.69 Å². The van der Waals surface area contributed by atoms with E-state index in [4.69, 9.17) is 5.73 Å². The minimum Gasteiger partial charge on any atom is -0.368 e. The van der Waals surface area contributed by atoms with Gasteiger partial charge in [0.2, 0.25) is 5.95 Å². The van der Waals surface area contributed by atoms with Crippen LogP contribution in [0.25, 0.3) is 20.5 Å². The van der Waals surface area contributed by atoms with Gasteiger partial charge in [0.15, 0.2) is 0 Å². The van der Waals surface area contributed by atoms with Gasteiger partial charge in [0.25, 0.3) is 0 Å². The van der Waals surface area contributed by atoms with Gasteiger partial charge in [0.1, 0.15) is 12.1 Å². The molecule has 1 aliphatic rings. The number of carbonyl (C=O) groups excluding carboxylic acids is 1. The summed E-state index contributed by atoms with van der Waals surface area (Å²) in [6.45, 7) is 0.726. The zero-order valence-electron chi connectivity index (χ0n) is 14.7. The quantitative estimate of drug-likeness (QED) is 0.393. The van der Waals surface area contributed by atoms with Crippen molar-refractivity contribution < 1.29 is 4.79 Å². The topological polar surface area (TPSA) is 105 Å². The summed E-state index contributed by atoms with van der Waals surface area (Å²) in [7, 11) is 0. The van der Waals surface area contributed by atoms with Crippen LogP contribution in [0.15, 0.2) is 48.7 Å². The molecule has 0 spiro atoms. The molecule has 0 atom stereocenters. The van der Waals surface area contributed by atoms with E-state index in [-0.39, 0.29) is 5.95 Å². The Morgan fingerprint density at radius 3 is 2.96 bits per heavy atom. The molecule has 0 saturated carbocycles. The van der Waals surface area contributed by atoms with E-state index in [9.17, 15) is 4.79 Å². The maximum atomic E-state index is 11.1. The van der Waals surface area contributed by atoms with E-state index in [1.54, 1.807) is 23.6 Å². The number of benzene rings is 2. The number of carbonyl (C=O) groups is 1. The minimum atomic E-state index is 0.227. The summed E-state index contributed by atoms with van der Waals surface area (Å²) in [4.78, 5) is 20.3. The summed E-state index contributed by atoms with van der Waals surface area (Å²) in [6, 6.07) is 13.8. The van der Waals surface area contributed by atoms with Crippen molar-refractivity contribution in [1.82, 2.24) is 15.4 Å². The number of rotatable bonds is 4. The smallest absolute Gasteiger partial charge is 0.221 e. The monoisotopic (exact) mass is 388 g/mol. The number of thiophene rings is 1. The van der Waals surface area contributed by atoms with Crippen LogP contribution in [0.2, 0.25) is 0 Å². The van der Waals surface area contributed by atoms with Crippen molar-refractivity contribution in [3.8, 4) is 10.4 Å². The first-order valence-corrected chi connectivity index (χ1v) is 9.52. The summed E-state index contributed by atoms with van der Waals surface area (Å²) in [6.07, 6.45) is 2.50. The first kappa shape index (κ1) is 16.7. The fourth-order valence-corrected chi connectivity index (χ4v) is 4.41. The van der Waals surface area contributed by atoms with Gasteiger partial charge in [-0.05, 0) is 47.3 Å². The van der Waals surface area contributed by atoms with Crippen LogP contribution in [0, 0.1) is 0 Å². The Morgan fingerprint density at radius 2 is 2.11 bits per heavy atom. The lowest BCUT2D eigenvalue weighted by Crippen LogP contribution is -2.11. The molecule has 0 amide bonds. The molecular formula is C20H16N6OS. The molecule has 4 aromatic rings. The first-order valence-electron chi connectivity index (χ1n) is 8.70. The van der Waals surface area contributed by atoms with Crippen LogP contribution >= 0.6 is 11.3 Å². The second kappa shape index (κ2) is 6.59. The molecule has 0 fully saturated rings. The minimum absolute atomic E-state index is 0.227.